The summed E-state index contributed by atoms with van der Waals surface area (Å²) in [7, 11) is 0. The molecule has 0 spiro atoms. The van der Waals surface area contributed by atoms with Gasteiger partial charge in [0, 0.05) is 42.3 Å². The van der Waals surface area contributed by atoms with Crippen molar-refractivity contribution in [2.45, 2.75) is 32.2 Å². The zero-order valence-electron chi connectivity index (χ0n) is 16.8. The number of carbonyl (C=O) groups excluding carboxylic acids is 2. The molecule has 4 rings (SSSR count). The molecule has 0 aliphatic carbocycles. The van der Waals surface area contributed by atoms with Crippen molar-refractivity contribution in [3.05, 3.63) is 58.8 Å². The van der Waals surface area contributed by atoms with Crippen LogP contribution in [-0.2, 0) is 4.79 Å². The number of anilines is 2. The number of amides is 2. The van der Waals surface area contributed by atoms with Gasteiger partial charge < -0.3 is 20.0 Å². The Hall–Kier alpha value is -2.80. The van der Waals surface area contributed by atoms with E-state index in [0.29, 0.717) is 5.58 Å². The fourth-order valence-corrected chi connectivity index (χ4v) is 4.19. The summed E-state index contributed by atoms with van der Waals surface area (Å²) in [5, 5.41) is 6.61. The molecule has 1 atom stereocenters. The quantitative estimate of drug-likeness (QED) is 0.535. The summed E-state index contributed by atoms with van der Waals surface area (Å²) in [4.78, 5) is 27.3. The summed E-state index contributed by atoms with van der Waals surface area (Å²) < 4.78 is 6.45. The summed E-state index contributed by atoms with van der Waals surface area (Å²) in [6, 6.07) is 14.9. The Bertz CT molecular complexity index is 1070. The SMILES string of the molecule is CC(CC(=O)Nc1cccc(N2CCCC2)c1)NC(=O)c1cc2cccc(Br)c2o1. The van der Waals surface area contributed by atoms with Gasteiger partial charge in [-0.15, -0.1) is 0 Å². The standard InChI is InChI=1S/C23H24BrN3O3/c1-15(25-23(29)20-13-16-6-4-9-19(24)22(16)30-20)12-21(28)26-17-7-5-8-18(14-17)27-10-2-3-11-27/h4-9,13-15H,2-3,10-12H2,1H3,(H,25,29)(H,26,28). The first-order valence-electron chi connectivity index (χ1n) is 10.1. The molecule has 0 radical (unpaired) electrons. The molecule has 2 heterocycles. The molecule has 156 valence electrons. The van der Waals surface area contributed by atoms with Crippen LogP contribution in [0.3, 0.4) is 0 Å². The van der Waals surface area contributed by atoms with Crippen molar-refractivity contribution in [1.82, 2.24) is 5.32 Å². The van der Waals surface area contributed by atoms with Gasteiger partial charge in [-0.05, 0) is 66.0 Å². The van der Waals surface area contributed by atoms with Gasteiger partial charge in [0.2, 0.25) is 5.91 Å². The summed E-state index contributed by atoms with van der Waals surface area (Å²) in [5.41, 5.74) is 2.53. The van der Waals surface area contributed by atoms with Crippen molar-refractivity contribution in [3.63, 3.8) is 0 Å². The van der Waals surface area contributed by atoms with Crippen LogP contribution in [0.4, 0.5) is 11.4 Å². The number of halogens is 1. The molecule has 7 heteroatoms. The average molecular weight is 470 g/mol. The summed E-state index contributed by atoms with van der Waals surface area (Å²) in [6.45, 7) is 3.91. The Balaban J connectivity index is 1.33. The monoisotopic (exact) mass is 469 g/mol. The zero-order valence-corrected chi connectivity index (χ0v) is 18.4. The highest BCUT2D eigenvalue weighted by molar-refractivity contribution is 9.10. The Morgan fingerprint density at radius 2 is 1.90 bits per heavy atom. The van der Waals surface area contributed by atoms with Crippen LogP contribution in [0.15, 0.2) is 57.4 Å². The smallest absolute Gasteiger partial charge is 0.287 e. The Kier molecular flexibility index (Phi) is 6.08. The second-order valence-electron chi connectivity index (χ2n) is 7.64. The highest BCUT2D eigenvalue weighted by Gasteiger charge is 2.18. The molecule has 1 aliphatic rings. The van der Waals surface area contributed by atoms with Gasteiger partial charge in [0.25, 0.3) is 5.91 Å². The van der Waals surface area contributed by atoms with E-state index in [-0.39, 0.29) is 30.0 Å². The first kappa shape index (κ1) is 20.5. The first-order valence-corrected chi connectivity index (χ1v) is 10.9. The molecule has 1 saturated heterocycles. The molecule has 30 heavy (non-hydrogen) atoms. The van der Waals surface area contributed by atoms with Crippen LogP contribution >= 0.6 is 15.9 Å². The largest absolute Gasteiger partial charge is 0.450 e. The number of hydrogen-bond acceptors (Lipinski definition) is 4. The van der Waals surface area contributed by atoms with Crippen LogP contribution in [-0.4, -0.2) is 30.9 Å². The predicted molar refractivity (Wildman–Crippen MR) is 122 cm³/mol. The number of hydrogen-bond donors (Lipinski definition) is 2. The normalized spacial score (nSPS) is 14.7. The number of carbonyl (C=O) groups is 2. The molecule has 2 N–H and O–H groups in total. The Labute approximate surface area is 183 Å². The predicted octanol–water partition coefficient (Wildman–Crippen LogP) is 4.94. The van der Waals surface area contributed by atoms with Gasteiger partial charge in [0.15, 0.2) is 5.76 Å². The third-order valence-electron chi connectivity index (χ3n) is 5.19. The molecule has 0 saturated carbocycles. The van der Waals surface area contributed by atoms with Gasteiger partial charge >= 0.3 is 0 Å². The third-order valence-corrected chi connectivity index (χ3v) is 5.81. The average Bonchev–Trinajstić information content (AvgIpc) is 3.39. The van der Waals surface area contributed by atoms with Crippen LogP contribution in [0.5, 0.6) is 0 Å². The van der Waals surface area contributed by atoms with Crippen molar-refractivity contribution < 1.29 is 14.0 Å². The van der Waals surface area contributed by atoms with Gasteiger partial charge in [-0.2, -0.15) is 0 Å². The van der Waals surface area contributed by atoms with Gasteiger partial charge in [0.1, 0.15) is 5.58 Å². The molecule has 2 aromatic carbocycles. The van der Waals surface area contributed by atoms with Crippen LogP contribution in [0, 0.1) is 0 Å². The molecule has 1 unspecified atom stereocenters. The number of nitrogens with zero attached hydrogens (tertiary/aromatic N) is 1. The van der Waals surface area contributed by atoms with Crippen LogP contribution in [0.2, 0.25) is 0 Å². The number of benzene rings is 2. The Morgan fingerprint density at radius 3 is 2.67 bits per heavy atom. The number of furan rings is 1. The molecule has 6 nitrogen and oxygen atoms in total. The van der Waals surface area contributed by atoms with E-state index in [1.165, 1.54) is 12.8 Å². The molecule has 2 amide bonds. The van der Waals surface area contributed by atoms with Gasteiger partial charge in [0.05, 0.1) is 4.47 Å². The topological polar surface area (TPSA) is 74.6 Å². The number of para-hydroxylation sites is 1. The van der Waals surface area contributed by atoms with E-state index in [9.17, 15) is 9.59 Å². The first-order chi connectivity index (χ1) is 14.5. The maximum Gasteiger partial charge on any atom is 0.287 e. The summed E-state index contributed by atoms with van der Waals surface area (Å²) in [6.07, 6.45) is 2.58. The minimum Gasteiger partial charge on any atom is -0.450 e. The van der Waals surface area contributed by atoms with E-state index in [0.717, 1.165) is 34.3 Å². The zero-order chi connectivity index (χ0) is 21.1. The van der Waals surface area contributed by atoms with Crippen LogP contribution < -0.4 is 15.5 Å². The van der Waals surface area contributed by atoms with E-state index >= 15 is 0 Å². The lowest BCUT2D eigenvalue weighted by Gasteiger charge is -2.19. The summed E-state index contributed by atoms with van der Waals surface area (Å²) >= 11 is 3.42. The fourth-order valence-electron chi connectivity index (χ4n) is 3.73. The number of rotatable bonds is 6. The van der Waals surface area contributed by atoms with Crippen molar-refractivity contribution in [1.29, 1.82) is 0 Å². The Morgan fingerprint density at radius 1 is 1.13 bits per heavy atom. The van der Waals surface area contributed by atoms with E-state index < -0.39 is 0 Å². The van der Waals surface area contributed by atoms with E-state index in [1.54, 1.807) is 13.0 Å². The van der Waals surface area contributed by atoms with Crippen molar-refractivity contribution in [2.24, 2.45) is 0 Å². The lowest BCUT2D eigenvalue weighted by atomic mass is 10.2. The van der Waals surface area contributed by atoms with Crippen molar-refractivity contribution >= 4 is 50.1 Å². The second kappa shape index (κ2) is 8.92. The fraction of sp³-hybridized carbons (Fsp3) is 0.304. The van der Waals surface area contributed by atoms with Crippen molar-refractivity contribution in [3.8, 4) is 0 Å². The molecule has 3 aromatic rings. The number of fused-ring (bicyclic) bond motifs is 1. The van der Waals surface area contributed by atoms with Crippen LogP contribution in [0.25, 0.3) is 11.0 Å². The lowest BCUT2D eigenvalue weighted by molar-refractivity contribution is -0.116. The maximum absolute atomic E-state index is 12.5. The molecule has 1 aromatic heterocycles. The maximum atomic E-state index is 12.5. The highest BCUT2D eigenvalue weighted by atomic mass is 79.9. The minimum atomic E-state index is -0.338. The third kappa shape index (κ3) is 4.67. The molecule has 1 fully saturated rings. The van der Waals surface area contributed by atoms with E-state index in [4.69, 9.17) is 4.42 Å². The van der Waals surface area contributed by atoms with E-state index in [1.807, 2.05) is 36.4 Å². The molecule has 1 aliphatic heterocycles. The van der Waals surface area contributed by atoms with Crippen LogP contribution in [0.1, 0.15) is 36.7 Å². The molecule has 0 bridgehead atoms. The van der Waals surface area contributed by atoms with Gasteiger partial charge in [-0.1, -0.05) is 18.2 Å². The van der Waals surface area contributed by atoms with E-state index in [2.05, 4.69) is 37.5 Å². The molecular weight excluding hydrogens is 446 g/mol. The molecular formula is C23H24BrN3O3. The van der Waals surface area contributed by atoms with Gasteiger partial charge in [-0.25, -0.2) is 0 Å². The highest BCUT2D eigenvalue weighted by Crippen LogP contribution is 2.27. The minimum absolute atomic E-state index is 0.145. The van der Waals surface area contributed by atoms with Crippen molar-refractivity contribution in [2.75, 3.05) is 23.3 Å². The summed E-state index contributed by atoms with van der Waals surface area (Å²) in [5.74, 6) is -0.259. The lowest BCUT2D eigenvalue weighted by Crippen LogP contribution is -2.35. The second-order valence-corrected chi connectivity index (χ2v) is 8.49. The van der Waals surface area contributed by atoms with Gasteiger partial charge in [-0.3, -0.25) is 9.59 Å². The number of nitrogens with one attached hydrogen (secondary N) is 2.